The molecule has 0 saturated heterocycles. The monoisotopic (exact) mass is 217 g/mol. The van der Waals surface area contributed by atoms with Crippen molar-refractivity contribution < 1.29 is 4.42 Å². The Balaban J connectivity index is 2.45. The zero-order chi connectivity index (χ0) is 11.5. The van der Waals surface area contributed by atoms with E-state index in [9.17, 15) is 0 Å². The van der Waals surface area contributed by atoms with Gasteiger partial charge in [0.05, 0.1) is 11.8 Å². The van der Waals surface area contributed by atoms with E-state index in [-0.39, 0.29) is 0 Å². The summed E-state index contributed by atoms with van der Waals surface area (Å²) in [5.41, 5.74) is 8.41. The Morgan fingerprint density at radius 2 is 2.12 bits per heavy atom. The Bertz CT molecular complexity index is 491. The molecule has 0 bridgehead atoms. The van der Waals surface area contributed by atoms with E-state index in [4.69, 9.17) is 10.2 Å². The van der Waals surface area contributed by atoms with Crippen molar-refractivity contribution in [3.05, 3.63) is 35.5 Å². The molecule has 2 N–H and O–H groups in total. The third-order valence-corrected chi connectivity index (χ3v) is 2.41. The van der Waals surface area contributed by atoms with Gasteiger partial charge in [-0.3, -0.25) is 0 Å². The molecule has 0 saturated carbocycles. The molecule has 0 unspecified atom stereocenters. The smallest absolute Gasteiger partial charge is 0.163 e. The average Bonchev–Trinajstić information content (AvgIpc) is 2.64. The molecule has 84 valence electrons. The molecule has 2 aromatic heterocycles. The summed E-state index contributed by atoms with van der Waals surface area (Å²) in [7, 11) is 0. The fourth-order valence-electron chi connectivity index (χ4n) is 1.65. The topological polar surface area (TPSA) is 64.9 Å². The minimum Gasteiger partial charge on any atom is -0.469 e. The highest BCUT2D eigenvalue weighted by Gasteiger charge is 2.09. The van der Waals surface area contributed by atoms with Crippen molar-refractivity contribution in [1.29, 1.82) is 0 Å². The van der Waals surface area contributed by atoms with Gasteiger partial charge in [0, 0.05) is 17.8 Å². The second-order valence-corrected chi connectivity index (χ2v) is 3.75. The van der Waals surface area contributed by atoms with Gasteiger partial charge >= 0.3 is 0 Å². The van der Waals surface area contributed by atoms with Crippen LogP contribution in [-0.2, 0) is 6.42 Å². The standard InChI is InChI=1S/C12H15N3O/c1-8-7-10(3-5-13)15-12(14-8)11-4-6-16-9(11)2/h4,6-7H,3,5,13H2,1-2H3. The summed E-state index contributed by atoms with van der Waals surface area (Å²) in [6, 6.07) is 3.85. The zero-order valence-electron chi connectivity index (χ0n) is 9.53. The average molecular weight is 217 g/mol. The molecule has 2 aromatic rings. The Labute approximate surface area is 94.5 Å². The molecular formula is C12H15N3O. The van der Waals surface area contributed by atoms with Crippen LogP contribution in [0.15, 0.2) is 22.8 Å². The predicted octanol–water partition coefficient (Wildman–Crippen LogP) is 1.85. The van der Waals surface area contributed by atoms with Crippen LogP contribution in [0.4, 0.5) is 0 Å². The van der Waals surface area contributed by atoms with Crippen molar-refractivity contribution in [2.24, 2.45) is 5.73 Å². The molecule has 0 fully saturated rings. The van der Waals surface area contributed by atoms with Gasteiger partial charge in [0.15, 0.2) is 5.82 Å². The Morgan fingerprint density at radius 3 is 2.75 bits per heavy atom. The first kappa shape index (κ1) is 10.8. The van der Waals surface area contributed by atoms with Gasteiger partial charge < -0.3 is 10.2 Å². The van der Waals surface area contributed by atoms with Crippen molar-refractivity contribution in [2.75, 3.05) is 6.54 Å². The molecule has 2 rings (SSSR count). The fourth-order valence-corrected chi connectivity index (χ4v) is 1.65. The highest BCUT2D eigenvalue weighted by Crippen LogP contribution is 2.21. The lowest BCUT2D eigenvalue weighted by Crippen LogP contribution is -2.06. The Kier molecular flexibility index (Phi) is 3.01. The fraction of sp³-hybridized carbons (Fsp3) is 0.333. The number of hydrogen-bond donors (Lipinski definition) is 1. The second kappa shape index (κ2) is 4.45. The molecule has 0 aromatic carbocycles. The number of nitrogens with zero attached hydrogens (tertiary/aromatic N) is 2. The molecular weight excluding hydrogens is 202 g/mol. The molecule has 4 nitrogen and oxygen atoms in total. The van der Waals surface area contributed by atoms with Crippen LogP contribution in [0.3, 0.4) is 0 Å². The molecule has 0 atom stereocenters. The maximum atomic E-state index is 5.53. The minimum absolute atomic E-state index is 0.597. The maximum absolute atomic E-state index is 5.53. The summed E-state index contributed by atoms with van der Waals surface area (Å²) in [4.78, 5) is 8.88. The summed E-state index contributed by atoms with van der Waals surface area (Å²) < 4.78 is 5.25. The van der Waals surface area contributed by atoms with Crippen molar-refractivity contribution in [3.8, 4) is 11.4 Å². The van der Waals surface area contributed by atoms with E-state index in [2.05, 4.69) is 9.97 Å². The van der Waals surface area contributed by atoms with Crippen LogP contribution >= 0.6 is 0 Å². The lowest BCUT2D eigenvalue weighted by Gasteiger charge is -2.04. The third-order valence-electron chi connectivity index (χ3n) is 2.41. The summed E-state index contributed by atoms with van der Waals surface area (Å²) in [5, 5.41) is 0. The number of rotatable bonds is 3. The van der Waals surface area contributed by atoms with Crippen LogP contribution in [0.1, 0.15) is 17.1 Å². The molecule has 0 aliphatic rings. The first-order chi connectivity index (χ1) is 7.70. The first-order valence-corrected chi connectivity index (χ1v) is 5.30. The summed E-state index contributed by atoms with van der Waals surface area (Å²) in [6.45, 7) is 4.46. The number of nitrogens with two attached hydrogens (primary N) is 1. The van der Waals surface area contributed by atoms with Crippen molar-refractivity contribution >= 4 is 0 Å². The van der Waals surface area contributed by atoms with Crippen molar-refractivity contribution in [1.82, 2.24) is 9.97 Å². The number of aryl methyl sites for hydroxylation is 2. The molecule has 0 radical (unpaired) electrons. The molecule has 2 heterocycles. The van der Waals surface area contributed by atoms with E-state index in [1.165, 1.54) is 0 Å². The van der Waals surface area contributed by atoms with Crippen LogP contribution in [0, 0.1) is 13.8 Å². The highest BCUT2D eigenvalue weighted by atomic mass is 16.3. The van der Waals surface area contributed by atoms with Gasteiger partial charge in [-0.2, -0.15) is 0 Å². The molecule has 0 aliphatic carbocycles. The lowest BCUT2D eigenvalue weighted by molar-refractivity contribution is 0.535. The first-order valence-electron chi connectivity index (χ1n) is 5.30. The normalized spacial score (nSPS) is 10.7. The summed E-state index contributed by atoms with van der Waals surface area (Å²) in [6.07, 6.45) is 2.42. The lowest BCUT2D eigenvalue weighted by atomic mass is 10.2. The van der Waals surface area contributed by atoms with Crippen LogP contribution in [0.5, 0.6) is 0 Å². The Hall–Kier alpha value is -1.68. The molecule has 0 aliphatic heterocycles. The largest absolute Gasteiger partial charge is 0.469 e. The van der Waals surface area contributed by atoms with E-state index in [0.717, 1.165) is 35.0 Å². The van der Waals surface area contributed by atoms with Crippen LogP contribution in [0.25, 0.3) is 11.4 Å². The maximum Gasteiger partial charge on any atom is 0.163 e. The predicted molar refractivity (Wildman–Crippen MR) is 62.0 cm³/mol. The van der Waals surface area contributed by atoms with Crippen LogP contribution < -0.4 is 5.73 Å². The minimum atomic E-state index is 0.597. The molecule has 4 heteroatoms. The van der Waals surface area contributed by atoms with E-state index in [1.54, 1.807) is 6.26 Å². The van der Waals surface area contributed by atoms with Crippen LogP contribution in [0.2, 0.25) is 0 Å². The number of aromatic nitrogens is 2. The summed E-state index contributed by atoms with van der Waals surface area (Å²) >= 11 is 0. The van der Waals surface area contributed by atoms with Crippen molar-refractivity contribution in [2.45, 2.75) is 20.3 Å². The van der Waals surface area contributed by atoms with E-state index in [1.807, 2.05) is 26.0 Å². The van der Waals surface area contributed by atoms with Crippen molar-refractivity contribution in [3.63, 3.8) is 0 Å². The molecule has 0 amide bonds. The number of furan rings is 1. The van der Waals surface area contributed by atoms with Gasteiger partial charge in [-0.25, -0.2) is 9.97 Å². The van der Waals surface area contributed by atoms with Gasteiger partial charge in [-0.05, 0) is 32.5 Å². The van der Waals surface area contributed by atoms with Gasteiger partial charge in [-0.15, -0.1) is 0 Å². The Morgan fingerprint density at radius 1 is 1.31 bits per heavy atom. The van der Waals surface area contributed by atoms with E-state index in [0.29, 0.717) is 6.54 Å². The number of hydrogen-bond acceptors (Lipinski definition) is 4. The quantitative estimate of drug-likeness (QED) is 0.852. The van der Waals surface area contributed by atoms with Gasteiger partial charge in [-0.1, -0.05) is 0 Å². The zero-order valence-corrected chi connectivity index (χ0v) is 9.53. The van der Waals surface area contributed by atoms with Crippen LogP contribution in [-0.4, -0.2) is 16.5 Å². The molecule has 0 spiro atoms. The van der Waals surface area contributed by atoms with Gasteiger partial charge in [0.1, 0.15) is 5.76 Å². The molecule has 16 heavy (non-hydrogen) atoms. The van der Waals surface area contributed by atoms with E-state index >= 15 is 0 Å². The van der Waals surface area contributed by atoms with Gasteiger partial charge in [0.25, 0.3) is 0 Å². The SMILES string of the molecule is Cc1cc(CCN)nc(-c2ccoc2C)n1. The van der Waals surface area contributed by atoms with Gasteiger partial charge in [0.2, 0.25) is 0 Å². The summed E-state index contributed by atoms with van der Waals surface area (Å²) in [5.74, 6) is 1.55. The highest BCUT2D eigenvalue weighted by molar-refractivity contribution is 5.57. The van der Waals surface area contributed by atoms with E-state index < -0.39 is 0 Å². The third kappa shape index (κ3) is 2.12. The second-order valence-electron chi connectivity index (χ2n) is 3.75.